The molecule has 1 aliphatic rings. The standard InChI is InChI=1S/C24H28FN5O/c1-15(2)21(26)24(31)29-12-13-30-20(14-29)28-22(17-6-8-18(25)9-7-17)23(30)27-19-10-4-16(3)5-11-19/h4-11,15,21,27H,12-14,26H2,1-3H3. The minimum absolute atomic E-state index is 0.0550. The molecule has 0 saturated carbocycles. The average Bonchev–Trinajstić information content (AvgIpc) is 3.12. The quantitative estimate of drug-likeness (QED) is 0.651. The van der Waals surface area contributed by atoms with Gasteiger partial charge in [-0.1, -0.05) is 31.5 Å². The summed E-state index contributed by atoms with van der Waals surface area (Å²) in [7, 11) is 0. The molecule has 1 aliphatic heterocycles. The minimum Gasteiger partial charge on any atom is -0.340 e. The largest absolute Gasteiger partial charge is 0.340 e. The summed E-state index contributed by atoms with van der Waals surface area (Å²) < 4.78 is 15.6. The summed E-state index contributed by atoms with van der Waals surface area (Å²) in [6.45, 7) is 7.50. The first-order valence-corrected chi connectivity index (χ1v) is 10.6. The SMILES string of the molecule is Cc1ccc(Nc2c(-c3ccc(F)cc3)nc3n2CCN(C(=O)C(N)C(C)C)C3)cc1. The molecule has 2 heterocycles. The molecule has 7 heteroatoms. The van der Waals surface area contributed by atoms with Crippen LogP contribution in [-0.4, -0.2) is 32.9 Å². The Morgan fingerprint density at radius 1 is 1.10 bits per heavy atom. The molecule has 3 N–H and O–H groups in total. The molecule has 0 radical (unpaired) electrons. The van der Waals surface area contributed by atoms with Gasteiger partial charge in [-0.05, 0) is 49.2 Å². The van der Waals surface area contributed by atoms with Crippen LogP contribution in [-0.2, 0) is 17.9 Å². The second kappa shape index (κ2) is 8.51. The van der Waals surface area contributed by atoms with E-state index in [4.69, 9.17) is 10.7 Å². The highest BCUT2D eigenvalue weighted by Crippen LogP contribution is 2.33. The molecule has 0 fully saturated rings. The van der Waals surface area contributed by atoms with Gasteiger partial charge in [-0.2, -0.15) is 0 Å². The van der Waals surface area contributed by atoms with E-state index in [2.05, 4.69) is 9.88 Å². The summed E-state index contributed by atoms with van der Waals surface area (Å²) in [5, 5.41) is 3.48. The normalized spacial score (nSPS) is 14.5. The van der Waals surface area contributed by atoms with E-state index in [9.17, 15) is 9.18 Å². The van der Waals surface area contributed by atoms with E-state index in [1.807, 2.05) is 45.0 Å². The number of amides is 1. The molecular weight excluding hydrogens is 393 g/mol. The Labute approximate surface area is 181 Å². The van der Waals surface area contributed by atoms with Gasteiger partial charge in [-0.15, -0.1) is 0 Å². The third-order valence-corrected chi connectivity index (χ3v) is 5.72. The predicted octanol–water partition coefficient (Wildman–Crippen LogP) is 4.07. The molecule has 1 atom stereocenters. The lowest BCUT2D eigenvalue weighted by atomic mass is 10.0. The predicted molar refractivity (Wildman–Crippen MR) is 120 cm³/mol. The third-order valence-electron chi connectivity index (χ3n) is 5.72. The molecule has 1 unspecified atom stereocenters. The van der Waals surface area contributed by atoms with Gasteiger partial charge in [0.05, 0.1) is 12.6 Å². The van der Waals surface area contributed by atoms with Crippen molar-refractivity contribution in [3.05, 3.63) is 65.7 Å². The number of nitrogens with zero attached hydrogens (tertiary/aromatic N) is 3. The maximum atomic E-state index is 13.5. The highest BCUT2D eigenvalue weighted by atomic mass is 19.1. The number of halogens is 1. The van der Waals surface area contributed by atoms with E-state index >= 15 is 0 Å². The lowest BCUT2D eigenvalue weighted by molar-refractivity contribution is -0.135. The fraction of sp³-hybridized carbons (Fsp3) is 0.333. The fourth-order valence-corrected chi connectivity index (χ4v) is 3.72. The summed E-state index contributed by atoms with van der Waals surface area (Å²) in [4.78, 5) is 19.4. The van der Waals surface area contributed by atoms with Crippen molar-refractivity contribution >= 4 is 17.4 Å². The fourth-order valence-electron chi connectivity index (χ4n) is 3.72. The monoisotopic (exact) mass is 421 g/mol. The van der Waals surface area contributed by atoms with Gasteiger partial charge in [-0.25, -0.2) is 9.37 Å². The zero-order valence-electron chi connectivity index (χ0n) is 18.1. The van der Waals surface area contributed by atoms with Crippen LogP contribution < -0.4 is 11.1 Å². The van der Waals surface area contributed by atoms with Gasteiger partial charge in [-0.3, -0.25) is 4.79 Å². The molecule has 1 aromatic heterocycles. The van der Waals surface area contributed by atoms with Crippen LogP contribution in [0.4, 0.5) is 15.9 Å². The van der Waals surface area contributed by atoms with Crippen molar-refractivity contribution in [2.75, 3.05) is 11.9 Å². The summed E-state index contributed by atoms with van der Waals surface area (Å²) >= 11 is 0. The van der Waals surface area contributed by atoms with Gasteiger partial charge < -0.3 is 20.5 Å². The van der Waals surface area contributed by atoms with Crippen molar-refractivity contribution in [2.45, 2.75) is 39.9 Å². The molecule has 162 valence electrons. The number of nitrogens with two attached hydrogens (primary N) is 1. The summed E-state index contributed by atoms with van der Waals surface area (Å²) in [5.41, 5.74) is 9.77. The number of carbonyl (C=O) groups excluding carboxylic acids is 1. The van der Waals surface area contributed by atoms with Crippen molar-refractivity contribution < 1.29 is 9.18 Å². The van der Waals surface area contributed by atoms with E-state index in [1.54, 1.807) is 17.0 Å². The summed E-state index contributed by atoms with van der Waals surface area (Å²) in [6, 6.07) is 13.9. The number of carbonyl (C=O) groups is 1. The van der Waals surface area contributed by atoms with Gasteiger partial charge in [0.15, 0.2) is 0 Å². The number of aryl methyl sites for hydroxylation is 1. The molecule has 0 bridgehead atoms. The third kappa shape index (κ3) is 4.32. The molecule has 4 rings (SSSR count). The number of hydrogen-bond acceptors (Lipinski definition) is 4. The van der Waals surface area contributed by atoms with Crippen molar-refractivity contribution in [1.82, 2.24) is 14.5 Å². The first-order valence-electron chi connectivity index (χ1n) is 10.6. The Morgan fingerprint density at radius 2 is 1.77 bits per heavy atom. The van der Waals surface area contributed by atoms with Crippen molar-refractivity contribution in [3.8, 4) is 11.3 Å². The van der Waals surface area contributed by atoms with E-state index in [-0.39, 0.29) is 17.6 Å². The van der Waals surface area contributed by atoms with E-state index in [0.717, 1.165) is 28.6 Å². The number of anilines is 2. The number of rotatable bonds is 5. The number of hydrogen-bond donors (Lipinski definition) is 2. The van der Waals surface area contributed by atoms with Crippen LogP contribution in [0.2, 0.25) is 0 Å². The van der Waals surface area contributed by atoms with Crippen LogP contribution in [0.1, 0.15) is 25.2 Å². The Bertz CT molecular complexity index is 1070. The molecule has 31 heavy (non-hydrogen) atoms. The second-order valence-corrected chi connectivity index (χ2v) is 8.40. The number of fused-ring (bicyclic) bond motifs is 1. The van der Waals surface area contributed by atoms with Crippen LogP contribution >= 0.6 is 0 Å². The zero-order chi connectivity index (χ0) is 22.1. The Balaban J connectivity index is 1.71. The Hall–Kier alpha value is -3.19. The highest BCUT2D eigenvalue weighted by Gasteiger charge is 2.30. The van der Waals surface area contributed by atoms with E-state index in [0.29, 0.717) is 19.6 Å². The van der Waals surface area contributed by atoms with Crippen LogP contribution in [0.5, 0.6) is 0 Å². The van der Waals surface area contributed by atoms with Crippen LogP contribution in [0, 0.1) is 18.7 Å². The summed E-state index contributed by atoms with van der Waals surface area (Å²) in [5.74, 6) is 1.35. The van der Waals surface area contributed by atoms with Gasteiger partial charge >= 0.3 is 0 Å². The van der Waals surface area contributed by atoms with Gasteiger partial charge in [0.2, 0.25) is 5.91 Å². The first-order chi connectivity index (χ1) is 14.8. The molecule has 0 saturated heterocycles. The van der Waals surface area contributed by atoms with Crippen LogP contribution in [0.15, 0.2) is 48.5 Å². The topological polar surface area (TPSA) is 76.2 Å². The first kappa shape index (κ1) is 21.1. The lowest BCUT2D eigenvalue weighted by Crippen LogP contribution is -2.49. The van der Waals surface area contributed by atoms with Crippen molar-refractivity contribution in [1.29, 1.82) is 0 Å². The smallest absolute Gasteiger partial charge is 0.240 e. The molecule has 1 amide bonds. The van der Waals surface area contributed by atoms with Crippen LogP contribution in [0.25, 0.3) is 11.3 Å². The number of imidazole rings is 1. The maximum Gasteiger partial charge on any atom is 0.240 e. The van der Waals surface area contributed by atoms with Gasteiger partial charge in [0.25, 0.3) is 0 Å². The van der Waals surface area contributed by atoms with Crippen molar-refractivity contribution in [2.24, 2.45) is 11.7 Å². The lowest BCUT2D eigenvalue weighted by Gasteiger charge is -2.31. The molecule has 0 aliphatic carbocycles. The Kier molecular flexibility index (Phi) is 5.78. The van der Waals surface area contributed by atoms with E-state index < -0.39 is 6.04 Å². The summed E-state index contributed by atoms with van der Waals surface area (Å²) in [6.07, 6.45) is 0. The molecule has 0 spiro atoms. The maximum absolute atomic E-state index is 13.5. The highest BCUT2D eigenvalue weighted by molar-refractivity contribution is 5.82. The van der Waals surface area contributed by atoms with Gasteiger partial charge in [0.1, 0.15) is 23.2 Å². The average molecular weight is 422 g/mol. The molecule has 6 nitrogen and oxygen atoms in total. The molecular formula is C24H28FN5O. The number of aromatic nitrogens is 2. The zero-order valence-corrected chi connectivity index (χ0v) is 18.1. The molecule has 2 aromatic carbocycles. The van der Waals surface area contributed by atoms with Crippen LogP contribution in [0.3, 0.4) is 0 Å². The van der Waals surface area contributed by atoms with Crippen molar-refractivity contribution in [3.63, 3.8) is 0 Å². The molecule has 3 aromatic rings. The second-order valence-electron chi connectivity index (χ2n) is 8.40. The Morgan fingerprint density at radius 3 is 2.42 bits per heavy atom. The minimum atomic E-state index is -0.525. The number of nitrogens with one attached hydrogen (secondary N) is 1. The van der Waals surface area contributed by atoms with Gasteiger partial charge in [0, 0.05) is 24.3 Å². The number of benzene rings is 2. The van der Waals surface area contributed by atoms with E-state index in [1.165, 1.54) is 17.7 Å².